The van der Waals surface area contributed by atoms with Gasteiger partial charge in [-0.1, -0.05) is 0 Å². The van der Waals surface area contributed by atoms with Crippen LogP contribution >= 0.6 is 0 Å². The van der Waals surface area contributed by atoms with Crippen molar-refractivity contribution in [2.75, 3.05) is 0 Å². The van der Waals surface area contributed by atoms with E-state index in [1.165, 1.54) is 33.4 Å². The molecule has 0 aliphatic heterocycles. The fourth-order valence-corrected chi connectivity index (χ4v) is 1.83. The summed E-state index contributed by atoms with van der Waals surface area (Å²) < 4.78 is 2.80. The Labute approximate surface area is 114 Å². The number of imidazole rings is 1. The third kappa shape index (κ3) is 2.66. The summed E-state index contributed by atoms with van der Waals surface area (Å²) >= 11 is 0. The van der Waals surface area contributed by atoms with Crippen LogP contribution in [0.5, 0.6) is 0 Å². The van der Waals surface area contributed by atoms with Crippen molar-refractivity contribution in [3.8, 4) is 0 Å². The van der Waals surface area contributed by atoms with E-state index in [0.29, 0.717) is 12.1 Å². The molecule has 0 aliphatic carbocycles. The highest BCUT2D eigenvalue weighted by molar-refractivity contribution is 5.96. The van der Waals surface area contributed by atoms with Gasteiger partial charge in [0.1, 0.15) is 0 Å². The van der Waals surface area contributed by atoms with Crippen molar-refractivity contribution in [2.24, 2.45) is 0 Å². The monoisotopic (exact) mass is 275 g/mol. The lowest BCUT2D eigenvalue weighted by molar-refractivity contribution is -0.384. The number of carbonyl (C=O) groups is 1. The van der Waals surface area contributed by atoms with E-state index in [-0.39, 0.29) is 23.7 Å². The minimum Gasteiger partial charge on any atom is -0.300 e. The first-order chi connectivity index (χ1) is 9.52. The molecule has 0 fully saturated rings. The number of nitrogens with zero attached hydrogens (tertiary/aromatic N) is 3. The summed E-state index contributed by atoms with van der Waals surface area (Å²) in [7, 11) is 0. The first-order valence-electron chi connectivity index (χ1n) is 6.06. The van der Waals surface area contributed by atoms with Gasteiger partial charge in [-0.05, 0) is 19.1 Å². The number of aryl methyl sites for hydroxylation is 1. The number of hydrogen-bond donors (Lipinski definition) is 0. The van der Waals surface area contributed by atoms with Crippen molar-refractivity contribution in [3.63, 3.8) is 0 Å². The van der Waals surface area contributed by atoms with Crippen molar-refractivity contribution in [3.05, 3.63) is 62.8 Å². The number of nitro benzene ring substituents is 1. The van der Waals surface area contributed by atoms with Crippen LogP contribution in [0.1, 0.15) is 17.3 Å². The summed E-state index contributed by atoms with van der Waals surface area (Å²) in [4.78, 5) is 33.8. The zero-order valence-corrected chi connectivity index (χ0v) is 10.9. The van der Waals surface area contributed by atoms with Crippen molar-refractivity contribution >= 4 is 11.5 Å². The van der Waals surface area contributed by atoms with Gasteiger partial charge in [-0.3, -0.25) is 24.0 Å². The lowest BCUT2D eigenvalue weighted by Crippen LogP contribution is -2.26. The topological polar surface area (TPSA) is 87.1 Å². The van der Waals surface area contributed by atoms with Crippen LogP contribution in [0.15, 0.2) is 41.5 Å². The molecule has 7 heteroatoms. The molecule has 0 saturated heterocycles. The van der Waals surface area contributed by atoms with Gasteiger partial charge >= 0.3 is 5.69 Å². The minimum absolute atomic E-state index is 0.0733. The van der Waals surface area contributed by atoms with E-state index in [1.807, 2.05) is 6.92 Å². The Bertz CT molecular complexity index is 697. The van der Waals surface area contributed by atoms with E-state index in [9.17, 15) is 19.7 Å². The molecule has 2 aromatic rings. The number of aromatic nitrogens is 2. The maximum atomic E-state index is 12.0. The summed E-state index contributed by atoms with van der Waals surface area (Å²) in [5.74, 6) is -0.268. The average Bonchev–Trinajstić information content (AvgIpc) is 2.79. The van der Waals surface area contributed by atoms with E-state index >= 15 is 0 Å². The number of benzene rings is 1. The van der Waals surface area contributed by atoms with Crippen molar-refractivity contribution < 1.29 is 9.72 Å². The number of nitro groups is 1. The number of non-ortho nitro benzene ring substituents is 1. The molecule has 20 heavy (non-hydrogen) atoms. The van der Waals surface area contributed by atoms with Gasteiger partial charge in [-0.15, -0.1) is 0 Å². The van der Waals surface area contributed by atoms with Gasteiger partial charge in [0.05, 0.1) is 11.5 Å². The Morgan fingerprint density at radius 2 is 1.80 bits per heavy atom. The van der Waals surface area contributed by atoms with Gasteiger partial charge in [0, 0.05) is 36.6 Å². The second-order valence-electron chi connectivity index (χ2n) is 4.22. The molecule has 0 amide bonds. The SMILES string of the molecule is CCn1ccn(CC(=O)c2ccc([N+](=O)[O-])cc2)c1=O. The highest BCUT2D eigenvalue weighted by Gasteiger charge is 2.11. The molecule has 0 spiro atoms. The minimum atomic E-state index is -0.528. The van der Waals surface area contributed by atoms with Crippen LogP contribution in [0.4, 0.5) is 5.69 Å². The first kappa shape index (κ1) is 13.7. The largest absolute Gasteiger partial charge is 0.328 e. The summed E-state index contributed by atoms with van der Waals surface area (Å²) in [5.41, 5.74) is 0.0189. The van der Waals surface area contributed by atoms with Gasteiger partial charge < -0.3 is 0 Å². The van der Waals surface area contributed by atoms with Crippen LogP contribution in [0, 0.1) is 10.1 Å². The fraction of sp³-hybridized carbons (Fsp3) is 0.231. The molecular formula is C13H13N3O4. The second-order valence-corrected chi connectivity index (χ2v) is 4.22. The van der Waals surface area contributed by atoms with Crippen molar-refractivity contribution in [2.45, 2.75) is 20.0 Å². The molecule has 7 nitrogen and oxygen atoms in total. The highest BCUT2D eigenvalue weighted by Crippen LogP contribution is 2.12. The first-order valence-corrected chi connectivity index (χ1v) is 6.06. The van der Waals surface area contributed by atoms with Crippen LogP contribution in [0.2, 0.25) is 0 Å². The molecular weight excluding hydrogens is 262 g/mol. The third-order valence-electron chi connectivity index (χ3n) is 2.97. The van der Waals surface area contributed by atoms with E-state index in [4.69, 9.17) is 0 Å². The molecule has 1 aromatic heterocycles. The molecule has 0 radical (unpaired) electrons. The number of Topliss-reactive ketones (excluding diaryl/α,β-unsaturated/α-hetero) is 1. The molecule has 1 heterocycles. The molecule has 2 rings (SSSR count). The maximum absolute atomic E-state index is 12.0. The molecule has 0 atom stereocenters. The van der Waals surface area contributed by atoms with E-state index in [0.717, 1.165) is 0 Å². The smallest absolute Gasteiger partial charge is 0.300 e. The molecule has 1 aromatic carbocycles. The standard InChI is InChI=1S/C13H13N3O4/c1-2-14-7-8-15(13(14)18)9-12(17)10-3-5-11(6-4-10)16(19)20/h3-8H,2,9H2,1H3. The van der Waals surface area contributed by atoms with E-state index in [2.05, 4.69) is 0 Å². The van der Waals surface area contributed by atoms with Gasteiger partial charge in [-0.2, -0.15) is 0 Å². The van der Waals surface area contributed by atoms with Crippen LogP contribution < -0.4 is 5.69 Å². The normalized spacial score (nSPS) is 10.4. The van der Waals surface area contributed by atoms with Gasteiger partial charge in [0.2, 0.25) is 0 Å². The molecule has 0 unspecified atom stereocenters. The molecule has 104 valence electrons. The Morgan fingerprint density at radius 3 is 2.30 bits per heavy atom. The van der Waals surface area contributed by atoms with Crippen LogP contribution in [0.25, 0.3) is 0 Å². The lowest BCUT2D eigenvalue weighted by Gasteiger charge is -2.01. The fourth-order valence-electron chi connectivity index (χ4n) is 1.83. The quantitative estimate of drug-likeness (QED) is 0.469. The highest BCUT2D eigenvalue weighted by atomic mass is 16.6. The number of hydrogen-bond acceptors (Lipinski definition) is 4. The Morgan fingerprint density at radius 1 is 1.20 bits per heavy atom. The lowest BCUT2D eigenvalue weighted by atomic mass is 10.1. The zero-order chi connectivity index (χ0) is 14.7. The number of ketones is 1. The van der Waals surface area contributed by atoms with Crippen LogP contribution in [-0.2, 0) is 13.1 Å². The zero-order valence-electron chi connectivity index (χ0n) is 10.9. The summed E-state index contributed by atoms with van der Waals surface area (Å²) in [6.45, 7) is 2.30. The number of carbonyl (C=O) groups excluding carboxylic acids is 1. The van der Waals surface area contributed by atoms with Gasteiger partial charge in [0.15, 0.2) is 5.78 Å². The van der Waals surface area contributed by atoms with Crippen LogP contribution in [0.3, 0.4) is 0 Å². The van der Waals surface area contributed by atoms with Crippen molar-refractivity contribution in [1.82, 2.24) is 9.13 Å². The Hall–Kier alpha value is -2.70. The second kappa shape index (κ2) is 5.52. The van der Waals surface area contributed by atoms with E-state index < -0.39 is 4.92 Å². The van der Waals surface area contributed by atoms with E-state index in [1.54, 1.807) is 12.4 Å². The Balaban J connectivity index is 2.17. The Kier molecular flexibility index (Phi) is 3.79. The maximum Gasteiger partial charge on any atom is 0.328 e. The summed E-state index contributed by atoms with van der Waals surface area (Å²) in [6.07, 6.45) is 3.17. The van der Waals surface area contributed by atoms with Crippen LogP contribution in [-0.4, -0.2) is 19.8 Å². The van der Waals surface area contributed by atoms with Gasteiger partial charge in [-0.25, -0.2) is 4.79 Å². The average molecular weight is 275 g/mol. The molecule has 0 bridgehead atoms. The summed E-state index contributed by atoms with van der Waals surface area (Å²) in [5, 5.41) is 10.5. The molecule has 0 aliphatic rings. The van der Waals surface area contributed by atoms with Crippen molar-refractivity contribution in [1.29, 1.82) is 0 Å². The van der Waals surface area contributed by atoms with Gasteiger partial charge in [0.25, 0.3) is 5.69 Å². The summed E-state index contributed by atoms with van der Waals surface area (Å²) in [6, 6.07) is 5.32. The predicted molar refractivity (Wildman–Crippen MR) is 71.8 cm³/mol. The predicted octanol–water partition coefficient (Wildman–Crippen LogP) is 1.46. The molecule has 0 N–H and O–H groups in total. The molecule has 0 saturated carbocycles. The number of rotatable bonds is 5. The third-order valence-corrected chi connectivity index (χ3v) is 2.97.